The molecule has 1 aromatic carbocycles. The number of hydrogen-bond acceptors (Lipinski definition) is 3. The molecule has 1 atom stereocenters. The minimum atomic E-state index is -3.37. The second kappa shape index (κ2) is 7.56. The van der Waals surface area contributed by atoms with Gasteiger partial charge in [-0.2, -0.15) is 0 Å². The summed E-state index contributed by atoms with van der Waals surface area (Å²) < 4.78 is 26.6. The second-order valence-electron chi connectivity index (χ2n) is 5.53. The van der Waals surface area contributed by atoms with Gasteiger partial charge in [-0.3, -0.25) is 4.79 Å². The molecular weight excluding hydrogens is 288 g/mol. The van der Waals surface area contributed by atoms with E-state index in [1.807, 2.05) is 13.8 Å². The van der Waals surface area contributed by atoms with Gasteiger partial charge in [0.05, 0.1) is 5.75 Å². The van der Waals surface area contributed by atoms with Crippen LogP contribution in [0.1, 0.15) is 39.7 Å². The standard InChI is InChI=1S/C15H24N2O3S/c1-5-12(4)17-21(19,20)10-13-7-6-8-14(9-13)16-15(18)11(2)3/h6-9,11-12,17H,5,10H2,1-4H3,(H,16,18). The lowest BCUT2D eigenvalue weighted by atomic mass is 10.2. The van der Waals surface area contributed by atoms with E-state index in [4.69, 9.17) is 0 Å². The van der Waals surface area contributed by atoms with Gasteiger partial charge in [-0.25, -0.2) is 13.1 Å². The zero-order chi connectivity index (χ0) is 16.0. The third kappa shape index (κ3) is 6.27. The summed E-state index contributed by atoms with van der Waals surface area (Å²) in [6.45, 7) is 7.37. The lowest BCUT2D eigenvalue weighted by molar-refractivity contribution is -0.118. The van der Waals surface area contributed by atoms with E-state index in [9.17, 15) is 13.2 Å². The van der Waals surface area contributed by atoms with E-state index < -0.39 is 10.0 Å². The van der Waals surface area contributed by atoms with Crippen molar-refractivity contribution in [3.63, 3.8) is 0 Å². The van der Waals surface area contributed by atoms with Gasteiger partial charge in [0.25, 0.3) is 0 Å². The molecule has 0 bridgehead atoms. The van der Waals surface area contributed by atoms with Gasteiger partial charge < -0.3 is 5.32 Å². The van der Waals surface area contributed by atoms with Crippen molar-refractivity contribution >= 4 is 21.6 Å². The molecule has 0 aromatic heterocycles. The van der Waals surface area contributed by atoms with Crippen molar-refractivity contribution in [2.24, 2.45) is 5.92 Å². The van der Waals surface area contributed by atoms with E-state index in [0.717, 1.165) is 6.42 Å². The number of carbonyl (C=O) groups excluding carboxylic acids is 1. The molecule has 1 amide bonds. The van der Waals surface area contributed by atoms with Gasteiger partial charge in [0.2, 0.25) is 15.9 Å². The Morgan fingerprint density at radius 3 is 2.48 bits per heavy atom. The zero-order valence-corrected chi connectivity index (χ0v) is 13.8. The van der Waals surface area contributed by atoms with Gasteiger partial charge in [-0.15, -0.1) is 0 Å². The first kappa shape index (κ1) is 17.7. The summed E-state index contributed by atoms with van der Waals surface area (Å²) in [6.07, 6.45) is 0.740. The molecule has 6 heteroatoms. The number of nitrogens with one attached hydrogen (secondary N) is 2. The lowest BCUT2D eigenvalue weighted by Crippen LogP contribution is -2.33. The maximum atomic E-state index is 12.0. The minimum Gasteiger partial charge on any atom is -0.326 e. The fourth-order valence-corrected chi connectivity index (χ4v) is 3.16. The topological polar surface area (TPSA) is 75.3 Å². The van der Waals surface area contributed by atoms with Crippen LogP contribution in [-0.2, 0) is 20.6 Å². The van der Waals surface area contributed by atoms with Crippen LogP contribution in [0.4, 0.5) is 5.69 Å². The van der Waals surface area contributed by atoms with Crippen LogP contribution in [0.15, 0.2) is 24.3 Å². The molecule has 118 valence electrons. The summed E-state index contributed by atoms with van der Waals surface area (Å²) in [5.41, 5.74) is 1.26. The number of hydrogen-bond donors (Lipinski definition) is 2. The third-order valence-electron chi connectivity index (χ3n) is 3.07. The first-order valence-corrected chi connectivity index (χ1v) is 8.78. The molecule has 2 N–H and O–H groups in total. The Morgan fingerprint density at radius 1 is 1.24 bits per heavy atom. The van der Waals surface area contributed by atoms with Gasteiger partial charge in [0, 0.05) is 17.6 Å². The first-order chi connectivity index (χ1) is 9.73. The summed E-state index contributed by atoms with van der Waals surface area (Å²) in [5, 5.41) is 2.77. The summed E-state index contributed by atoms with van der Waals surface area (Å²) in [5.74, 6) is -0.305. The van der Waals surface area contributed by atoms with Gasteiger partial charge >= 0.3 is 0 Å². The maximum Gasteiger partial charge on any atom is 0.226 e. The minimum absolute atomic E-state index is 0.0844. The van der Waals surface area contributed by atoms with Crippen LogP contribution in [0.25, 0.3) is 0 Å². The molecule has 1 aromatic rings. The Bertz CT molecular complexity index is 582. The monoisotopic (exact) mass is 312 g/mol. The normalized spacial score (nSPS) is 13.2. The quantitative estimate of drug-likeness (QED) is 0.812. The Balaban J connectivity index is 2.79. The Kier molecular flexibility index (Phi) is 6.36. The summed E-state index contributed by atoms with van der Waals surface area (Å²) in [4.78, 5) is 11.7. The molecule has 21 heavy (non-hydrogen) atoms. The summed E-state index contributed by atoms with van der Waals surface area (Å²) in [6, 6.07) is 6.83. The smallest absolute Gasteiger partial charge is 0.226 e. The van der Waals surface area contributed by atoms with E-state index in [-0.39, 0.29) is 23.6 Å². The lowest BCUT2D eigenvalue weighted by Gasteiger charge is -2.13. The van der Waals surface area contributed by atoms with Gasteiger partial charge in [0.15, 0.2) is 0 Å². The summed E-state index contributed by atoms with van der Waals surface area (Å²) >= 11 is 0. The fraction of sp³-hybridized carbons (Fsp3) is 0.533. The molecule has 5 nitrogen and oxygen atoms in total. The Morgan fingerprint density at radius 2 is 1.90 bits per heavy atom. The van der Waals surface area contributed by atoms with Crippen molar-refractivity contribution in [3.8, 4) is 0 Å². The highest BCUT2D eigenvalue weighted by Gasteiger charge is 2.15. The van der Waals surface area contributed by atoms with E-state index in [1.165, 1.54) is 0 Å². The number of carbonyl (C=O) groups is 1. The predicted octanol–water partition coefficient (Wildman–Crippen LogP) is 2.50. The molecule has 0 aliphatic rings. The highest BCUT2D eigenvalue weighted by atomic mass is 32.2. The molecule has 0 saturated carbocycles. The van der Waals surface area contributed by atoms with Crippen molar-refractivity contribution in [1.82, 2.24) is 4.72 Å². The molecule has 0 fully saturated rings. The van der Waals surface area contributed by atoms with Crippen LogP contribution in [0.2, 0.25) is 0 Å². The van der Waals surface area contributed by atoms with Crippen molar-refractivity contribution in [3.05, 3.63) is 29.8 Å². The van der Waals surface area contributed by atoms with E-state index in [2.05, 4.69) is 10.0 Å². The molecular formula is C15H24N2O3S. The highest BCUT2D eigenvalue weighted by Crippen LogP contribution is 2.14. The average Bonchev–Trinajstić information content (AvgIpc) is 2.37. The van der Waals surface area contributed by atoms with E-state index in [1.54, 1.807) is 38.1 Å². The number of amides is 1. The van der Waals surface area contributed by atoms with Crippen LogP contribution < -0.4 is 10.0 Å². The molecule has 0 heterocycles. The number of benzene rings is 1. The largest absolute Gasteiger partial charge is 0.326 e. The van der Waals surface area contributed by atoms with Crippen LogP contribution in [-0.4, -0.2) is 20.4 Å². The summed E-state index contributed by atoms with van der Waals surface area (Å²) in [7, 11) is -3.37. The number of anilines is 1. The first-order valence-electron chi connectivity index (χ1n) is 7.13. The molecule has 0 saturated heterocycles. The van der Waals surface area contributed by atoms with Crippen LogP contribution >= 0.6 is 0 Å². The van der Waals surface area contributed by atoms with Crippen LogP contribution in [0.5, 0.6) is 0 Å². The van der Waals surface area contributed by atoms with Gasteiger partial charge in [0.1, 0.15) is 0 Å². The van der Waals surface area contributed by atoms with Crippen molar-refractivity contribution in [2.45, 2.75) is 45.9 Å². The fourth-order valence-electron chi connectivity index (χ4n) is 1.68. The third-order valence-corrected chi connectivity index (χ3v) is 4.54. The van der Waals surface area contributed by atoms with E-state index >= 15 is 0 Å². The highest BCUT2D eigenvalue weighted by molar-refractivity contribution is 7.88. The molecule has 1 unspecified atom stereocenters. The average molecular weight is 312 g/mol. The SMILES string of the molecule is CCC(C)NS(=O)(=O)Cc1cccc(NC(=O)C(C)C)c1. The van der Waals surface area contributed by atoms with Gasteiger partial charge in [-0.05, 0) is 31.0 Å². The molecule has 0 radical (unpaired) electrons. The second-order valence-corrected chi connectivity index (χ2v) is 7.28. The van der Waals surface area contributed by atoms with Crippen LogP contribution in [0, 0.1) is 5.92 Å². The molecule has 1 rings (SSSR count). The van der Waals surface area contributed by atoms with Gasteiger partial charge in [-0.1, -0.05) is 32.9 Å². The van der Waals surface area contributed by atoms with Crippen molar-refractivity contribution < 1.29 is 13.2 Å². The van der Waals surface area contributed by atoms with Crippen LogP contribution in [0.3, 0.4) is 0 Å². The predicted molar refractivity (Wildman–Crippen MR) is 85.4 cm³/mol. The van der Waals surface area contributed by atoms with Crippen molar-refractivity contribution in [2.75, 3.05) is 5.32 Å². The number of rotatable bonds is 7. The molecule has 0 spiro atoms. The zero-order valence-electron chi connectivity index (χ0n) is 13.0. The van der Waals surface area contributed by atoms with Crippen molar-refractivity contribution in [1.29, 1.82) is 0 Å². The Labute approximate surface area is 127 Å². The molecule has 0 aliphatic carbocycles. The van der Waals surface area contributed by atoms with E-state index in [0.29, 0.717) is 11.3 Å². The molecule has 0 aliphatic heterocycles. The number of sulfonamides is 1. The Hall–Kier alpha value is -1.40. The maximum absolute atomic E-state index is 12.0.